The smallest absolute Gasteiger partial charge is 0.497 e. The van der Waals surface area contributed by atoms with Gasteiger partial charge in [0.25, 0.3) is 0 Å². The van der Waals surface area contributed by atoms with E-state index in [-0.39, 0.29) is 18.9 Å². The molecule has 0 unspecified atom stereocenters. The van der Waals surface area contributed by atoms with Gasteiger partial charge in [0.2, 0.25) is 0 Å². The van der Waals surface area contributed by atoms with Crippen LogP contribution in [0, 0.1) is 6.08 Å². The molecule has 2 aliphatic carbocycles. The molecule has 0 saturated carbocycles. The second-order valence-electron chi connectivity index (χ2n) is 3.84. The van der Waals surface area contributed by atoms with E-state index in [9.17, 15) is 0 Å². The molecule has 0 radical (unpaired) electrons. The van der Waals surface area contributed by atoms with Crippen LogP contribution < -0.4 is 18.9 Å². The molecular formula is C12H17LiO. The van der Waals surface area contributed by atoms with Gasteiger partial charge in [0.1, 0.15) is 0 Å². The van der Waals surface area contributed by atoms with Crippen LogP contribution in [0.15, 0.2) is 17.4 Å². The van der Waals surface area contributed by atoms with Crippen LogP contribution in [-0.4, -0.2) is 6.61 Å². The molecule has 0 amide bonds. The van der Waals surface area contributed by atoms with E-state index in [0.717, 1.165) is 19.4 Å². The molecule has 2 rings (SSSR count). The quantitative estimate of drug-likeness (QED) is 0.455. The van der Waals surface area contributed by atoms with Crippen molar-refractivity contribution in [2.45, 2.75) is 44.9 Å². The predicted octanol–water partition coefficient (Wildman–Crippen LogP) is 0.378. The first-order valence-electron chi connectivity index (χ1n) is 5.35. The van der Waals surface area contributed by atoms with Crippen LogP contribution in [0.1, 0.15) is 44.9 Å². The molecule has 2 aliphatic rings. The molecule has 72 valence electrons. The minimum Gasteiger partial charge on any atom is -0.497 e. The molecule has 0 saturated heterocycles. The predicted molar refractivity (Wildman–Crippen MR) is 53.1 cm³/mol. The summed E-state index contributed by atoms with van der Waals surface area (Å²) in [6, 6.07) is 0. The van der Waals surface area contributed by atoms with E-state index in [1.54, 1.807) is 0 Å². The Morgan fingerprint density at radius 1 is 1.21 bits per heavy atom. The van der Waals surface area contributed by atoms with Crippen LogP contribution in [0.4, 0.5) is 0 Å². The first-order chi connectivity index (χ1) is 6.45. The zero-order valence-electron chi connectivity index (χ0n) is 9.14. The van der Waals surface area contributed by atoms with Gasteiger partial charge in [-0.25, -0.2) is 5.57 Å². The standard InChI is InChI=1S/C12H17O.Li/c1-2-6-11(7-3-1)10-13-12-8-4-5-9-12;/h8H,1-6,9-10H2;/q-1;+1. The van der Waals surface area contributed by atoms with Crippen molar-refractivity contribution in [3.8, 4) is 0 Å². The molecule has 0 atom stereocenters. The number of rotatable bonds is 3. The van der Waals surface area contributed by atoms with E-state index < -0.39 is 0 Å². The average Bonchev–Trinajstić information content (AvgIpc) is 2.69. The topological polar surface area (TPSA) is 9.23 Å². The fourth-order valence-electron chi connectivity index (χ4n) is 1.89. The Bertz CT molecular complexity index is 230. The summed E-state index contributed by atoms with van der Waals surface area (Å²) in [7, 11) is 0. The van der Waals surface area contributed by atoms with Crippen molar-refractivity contribution in [3.05, 3.63) is 23.5 Å². The van der Waals surface area contributed by atoms with E-state index in [0.29, 0.717) is 0 Å². The molecule has 0 N–H and O–H groups in total. The summed E-state index contributed by atoms with van der Waals surface area (Å²) in [6.07, 6.45) is 14.2. The molecule has 0 spiro atoms. The van der Waals surface area contributed by atoms with E-state index >= 15 is 0 Å². The second-order valence-corrected chi connectivity index (χ2v) is 3.84. The first kappa shape index (κ1) is 11.9. The Kier molecular flexibility index (Phi) is 5.44. The maximum atomic E-state index is 5.70. The van der Waals surface area contributed by atoms with Crippen molar-refractivity contribution in [3.63, 3.8) is 0 Å². The third kappa shape index (κ3) is 3.56. The average molecular weight is 184 g/mol. The van der Waals surface area contributed by atoms with Gasteiger partial charge in [0.15, 0.2) is 0 Å². The summed E-state index contributed by atoms with van der Waals surface area (Å²) in [5.74, 6) is 1.21. The Morgan fingerprint density at radius 3 is 2.79 bits per heavy atom. The maximum Gasteiger partial charge on any atom is 1.00 e. The molecule has 0 aliphatic heterocycles. The summed E-state index contributed by atoms with van der Waals surface area (Å²) >= 11 is 0. The number of ether oxygens (including phenoxy) is 1. The second kappa shape index (κ2) is 6.38. The normalized spacial score (nSPS) is 20.9. The Hall–Kier alpha value is -0.123. The van der Waals surface area contributed by atoms with Crippen molar-refractivity contribution in [1.82, 2.24) is 0 Å². The maximum absolute atomic E-state index is 5.70. The summed E-state index contributed by atoms with van der Waals surface area (Å²) in [5, 5.41) is 0. The van der Waals surface area contributed by atoms with E-state index in [2.05, 4.69) is 12.2 Å². The SMILES string of the molecule is [C-]1=C(COC2=CCCC2)CCCC1.[Li+]. The Balaban J connectivity index is 0.000000980. The van der Waals surface area contributed by atoms with E-state index in [1.165, 1.54) is 43.4 Å². The molecule has 0 bridgehead atoms. The van der Waals surface area contributed by atoms with Gasteiger partial charge in [-0.05, 0) is 18.9 Å². The fraction of sp³-hybridized carbons (Fsp3) is 0.667. The van der Waals surface area contributed by atoms with Crippen LogP contribution >= 0.6 is 0 Å². The van der Waals surface area contributed by atoms with Crippen molar-refractivity contribution < 1.29 is 23.6 Å². The van der Waals surface area contributed by atoms with Crippen molar-refractivity contribution in [2.24, 2.45) is 0 Å². The number of hydrogen-bond acceptors (Lipinski definition) is 1. The molecular weight excluding hydrogens is 167 g/mol. The number of allylic oxidation sites excluding steroid dienone is 3. The summed E-state index contributed by atoms with van der Waals surface area (Å²) in [6.45, 7) is 0.797. The molecule has 0 aromatic rings. The number of hydrogen-bond donors (Lipinski definition) is 0. The van der Waals surface area contributed by atoms with Crippen LogP contribution in [0.3, 0.4) is 0 Å². The summed E-state index contributed by atoms with van der Waals surface area (Å²) < 4.78 is 5.70. The van der Waals surface area contributed by atoms with Crippen LogP contribution in [0.2, 0.25) is 0 Å². The monoisotopic (exact) mass is 184 g/mol. The van der Waals surface area contributed by atoms with Crippen LogP contribution in [0.25, 0.3) is 0 Å². The van der Waals surface area contributed by atoms with Gasteiger partial charge < -0.3 is 10.8 Å². The fourth-order valence-corrected chi connectivity index (χ4v) is 1.89. The van der Waals surface area contributed by atoms with Gasteiger partial charge in [0, 0.05) is 6.42 Å². The molecule has 0 aromatic carbocycles. The first-order valence-corrected chi connectivity index (χ1v) is 5.35. The van der Waals surface area contributed by atoms with Gasteiger partial charge in [-0.1, -0.05) is 19.3 Å². The van der Waals surface area contributed by atoms with Gasteiger partial charge in [-0.3, -0.25) is 0 Å². The Morgan fingerprint density at radius 2 is 2.14 bits per heavy atom. The molecule has 0 heterocycles. The van der Waals surface area contributed by atoms with E-state index in [1.807, 2.05) is 0 Å². The van der Waals surface area contributed by atoms with Crippen LogP contribution in [-0.2, 0) is 4.74 Å². The van der Waals surface area contributed by atoms with Crippen molar-refractivity contribution in [2.75, 3.05) is 6.61 Å². The van der Waals surface area contributed by atoms with Crippen molar-refractivity contribution in [1.29, 1.82) is 0 Å². The third-order valence-corrected chi connectivity index (χ3v) is 2.71. The minimum atomic E-state index is 0. The minimum absolute atomic E-state index is 0. The summed E-state index contributed by atoms with van der Waals surface area (Å²) in [5.41, 5.74) is 1.39. The molecule has 2 heteroatoms. The van der Waals surface area contributed by atoms with Gasteiger partial charge in [0.05, 0.1) is 12.4 Å². The largest absolute Gasteiger partial charge is 1.00 e. The van der Waals surface area contributed by atoms with Gasteiger partial charge in [-0.2, -0.15) is 6.42 Å². The molecule has 14 heavy (non-hydrogen) atoms. The zero-order valence-corrected chi connectivity index (χ0v) is 9.14. The molecule has 0 aromatic heterocycles. The zero-order chi connectivity index (χ0) is 8.93. The third-order valence-electron chi connectivity index (χ3n) is 2.71. The molecule has 1 nitrogen and oxygen atoms in total. The Labute approximate surface area is 98.8 Å². The van der Waals surface area contributed by atoms with Crippen LogP contribution in [0.5, 0.6) is 0 Å². The van der Waals surface area contributed by atoms with Gasteiger partial charge >= 0.3 is 18.9 Å². The molecule has 0 fully saturated rings. The van der Waals surface area contributed by atoms with Gasteiger partial charge in [-0.15, -0.1) is 0 Å². The van der Waals surface area contributed by atoms with Crippen molar-refractivity contribution >= 4 is 0 Å². The van der Waals surface area contributed by atoms with E-state index in [4.69, 9.17) is 4.74 Å². The summed E-state index contributed by atoms with van der Waals surface area (Å²) in [4.78, 5) is 0.